The van der Waals surface area contributed by atoms with E-state index in [1.54, 1.807) is 6.07 Å². The van der Waals surface area contributed by atoms with Crippen LogP contribution in [0.25, 0.3) is 0 Å². The Bertz CT molecular complexity index is 1020. The van der Waals surface area contributed by atoms with Crippen molar-refractivity contribution in [1.82, 2.24) is 9.88 Å². The van der Waals surface area contributed by atoms with E-state index in [4.69, 9.17) is 5.26 Å². The van der Waals surface area contributed by atoms with Gasteiger partial charge in [0.2, 0.25) is 0 Å². The lowest BCUT2D eigenvalue weighted by molar-refractivity contribution is 0.102. The van der Waals surface area contributed by atoms with E-state index in [0.29, 0.717) is 36.2 Å². The predicted octanol–water partition coefficient (Wildman–Crippen LogP) is 4.23. The minimum Gasteiger partial charge on any atom is -0.465 e. The lowest BCUT2D eigenvalue weighted by Gasteiger charge is -2.35. The quantitative estimate of drug-likeness (QED) is 0.665. The van der Waals surface area contributed by atoms with Crippen LogP contribution >= 0.6 is 0 Å². The van der Waals surface area contributed by atoms with Gasteiger partial charge >= 0.3 is 6.09 Å². The van der Waals surface area contributed by atoms with Crippen molar-refractivity contribution in [3.05, 3.63) is 47.3 Å². The Morgan fingerprint density at radius 2 is 1.84 bits per heavy atom. The number of nitrogens with zero attached hydrogens (tertiary/aromatic N) is 3. The molecule has 32 heavy (non-hydrogen) atoms. The molecule has 0 unspecified atom stereocenters. The molecule has 2 aliphatic heterocycles. The highest BCUT2D eigenvalue weighted by molar-refractivity contribution is 6.05. The third-order valence-corrected chi connectivity index (χ3v) is 6.69. The Morgan fingerprint density at radius 1 is 1.12 bits per heavy atom. The van der Waals surface area contributed by atoms with E-state index in [9.17, 15) is 14.7 Å². The maximum Gasteiger partial charge on any atom is 0.407 e. The van der Waals surface area contributed by atoms with Crippen LogP contribution in [0.5, 0.6) is 0 Å². The van der Waals surface area contributed by atoms with E-state index >= 15 is 0 Å². The fourth-order valence-corrected chi connectivity index (χ4v) is 4.60. The van der Waals surface area contributed by atoms with Gasteiger partial charge in [0.25, 0.3) is 5.91 Å². The molecule has 0 atom stereocenters. The van der Waals surface area contributed by atoms with Gasteiger partial charge in [-0.25, -0.2) is 4.79 Å². The van der Waals surface area contributed by atoms with Gasteiger partial charge in [0, 0.05) is 32.4 Å². The van der Waals surface area contributed by atoms with Crippen LogP contribution in [-0.2, 0) is 0 Å². The van der Waals surface area contributed by atoms with Gasteiger partial charge in [0.15, 0.2) is 0 Å². The molecule has 1 aromatic heterocycles. The summed E-state index contributed by atoms with van der Waals surface area (Å²) in [4.78, 5) is 30.7. The SMILES string of the molecule is CC1CCN(c2cc(C3CCN(C(=O)O)CC3)ccc2NC(=O)c2cc(C#N)c[nH]2)CC1. The maximum atomic E-state index is 12.8. The maximum absolute atomic E-state index is 12.8. The molecule has 8 nitrogen and oxygen atoms in total. The molecule has 2 saturated heterocycles. The summed E-state index contributed by atoms with van der Waals surface area (Å²) in [5.74, 6) is 0.719. The molecule has 2 amide bonds. The summed E-state index contributed by atoms with van der Waals surface area (Å²) in [6, 6.07) is 9.74. The van der Waals surface area contributed by atoms with Crippen LogP contribution in [0.1, 0.15) is 60.1 Å². The fourth-order valence-electron chi connectivity index (χ4n) is 4.60. The number of rotatable bonds is 4. The molecule has 3 N–H and O–H groups in total. The Kier molecular flexibility index (Phi) is 6.35. The minimum atomic E-state index is -0.853. The Morgan fingerprint density at radius 3 is 2.47 bits per heavy atom. The number of hydrogen-bond acceptors (Lipinski definition) is 4. The predicted molar refractivity (Wildman–Crippen MR) is 122 cm³/mol. The van der Waals surface area contributed by atoms with E-state index < -0.39 is 6.09 Å². The number of anilines is 2. The number of carbonyl (C=O) groups excluding carboxylic acids is 1. The van der Waals surface area contributed by atoms with Crippen molar-refractivity contribution in [2.75, 3.05) is 36.4 Å². The molecule has 2 aliphatic rings. The minimum absolute atomic E-state index is 0.277. The average molecular weight is 436 g/mol. The smallest absolute Gasteiger partial charge is 0.407 e. The molecule has 0 bridgehead atoms. The standard InChI is InChI=1S/C24H29N5O3/c1-16-4-8-28(9-5-16)22-13-19(18-6-10-29(11-7-18)24(31)32)2-3-20(22)27-23(30)21-12-17(14-25)15-26-21/h2-3,12-13,15-16,18,26H,4-11H2,1H3,(H,27,30)(H,31,32). The van der Waals surface area contributed by atoms with E-state index in [0.717, 1.165) is 50.1 Å². The summed E-state index contributed by atoms with van der Waals surface area (Å²) in [6.07, 6.45) is 4.48. The van der Waals surface area contributed by atoms with Gasteiger partial charge in [0.05, 0.1) is 16.9 Å². The van der Waals surface area contributed by atoms with Gasteiger partial charge in [-0.1, -0.05) is 13.0 Å². The second-order valence-electron chi connectivity index (χ2n) is 8.86. The number of piperidine rings is 2. The lowest BCUT2D eigenvalue weighted by Crippen LogP contribution is -2.37. The molecule has 2 fully saturated rings. The number of nitriles is 1. The van der Waals surface area contributed by atoms with Gasteiger partial charge in [-0.15, -0.1) is 0 Å². The number of aromatic amines is 1. The summed E-state index contributed by atoms with van der Waals surface area (Å²) < 4.78 is 0. The first-order valence-electron chi connectivity index (χ1n) is 11.2. The van der Waals surface area contributed by atoms with Crippen LogP contribution in [0.3, 0.4) is 0 Å². The number of carboxylic acid groups (broad SMARTS) is 1. The summed E-state index contributed by atoms with van der Waals surface area (Å²) in [5, 5.41) is 21.3. The van der Waals surface area contributed by atoms with Gasteiger partial charge < -0.3 is 25.2 Å². The van der Waals surface area contributed by atoms with Gasteiger partial charge in [-0.3, -0.25) is 4.79 Å². The van der Waals surface area contributed by atoms with E-state index in [1.807, 2.05) is 18.2 Å². The van der Waals surface area contributed by atoms with Crippen molar-refractivity contribution < 1.29 is 14.7 Å². The van der Waals surface area contributed by atoms with Crippen LogP contribution in [0.15, 0.2) is 30.5 Å². The zero-order chi connectivity index (χ0) is 22.7. The molecule has 168 valence electrons. The number of benzene rings is 1. The molecule has 4 rings (SSSR count). The molecule has 1 aromatic carbocycles. The molecule has 0 saturated carbocycles. The summed E-state index contributed by atoms with van der Waals surface area (Å²) >= 11 is 0. The first kappa shape index (κ1) is 21.8. The fraction of sp³-hybridized carbons (Fsp3) is 0.458. The normalized spacial score (nSPS) is 17.8. The van der Waals surface area contributed by atoms with Crippen molar-refractivity contribution in [2.24, 2.45) is 5.92 Å². The third-order valence-electron chi connectivity index (χ3n) is 6.69. The molecule has 0 spiro atoms. The Labute approximate surface area is 187 Å². The Hall–Kier alpha value is -3.47. The van der Waals surface area contributed by atoms with Gasteiger partial charge in [-0.05, 0) is 61.3 Å². The number of nitrogens with one attached hydrogen (secondary N) is 2. The molecular formula is C24H29N5O3. The summed E-state index contributed by atoms with van der Waals surface area (Å²) in [6.45, 7) is 5.23. The van der Waals surface area contributed by atoms with E-state index in [2.05, 4.69) is 28.2 Å². The van der Waals surface area contributed by atoms with Crippen LogP contribution in [-0.4, -0.2) is 53.2 Å². The highest BCUT2D eigenvalue weighted by Gasteiger charge is 2.26. The molecular weight excluding hydrogens is 406 g/mol. The number of likely N-dealkylation sites (tertiary alicyclic amines) is 1. The van der Waals surface area contributed by atoms with Crippen molar-refractivity contribution in [1.29, 1.82) is 5.26 Å². The third kappa shape index (κ3) is 4.72. The number of carbonyl (C=O) groups is 2. The monoisotopic (exact) mass is 435 g/mol. The zero-order valence-corrected chi connectivity index (χ0v) is 18.3. The first-order chi connectivity index (χ1) is 15.4. The summed E-state index contributed by atoms with van der Waals surface area (Å²) in [7, 11) is 0. The summed E-state index contributed by atoms with van der Waals surface area (Å²) in [5.41, 5.74) is 3.72. The van der Waals surface area contributed by atoms with Crippen molar-refractivity contribution >= 4 is 23.4 Å². The average Bonchev–Trinajstić information content (AvgIpc) is 3.30. The molecule has 3 heterocycles. The van der Waals surface area contributed by atoms with Crippen LogP contribution in [0.2, 0.25) is 0 Å². The second-order valence-corrected chi connectivity index (χ2v) is 8.86. The topological polar surface area (TPSA) is 112 Å². The highest BCUT2D eigenvalue weighted by atomic mass is 16.4. The van der Waals surface area contributed by atoms with Crippen LogP contribution < -0.4 is 10.2 Å². The molecule has 0 radical (unpaired) electrons. The first-order valence-corrected chi connectivity index (χ1v) is 11.2. The highest BCUT2D eigenvalue weighted by Crippen LogP contribution is 2.36. The molecule has 0 aliphatic carbocycles. The van der Waals surface area contributed by atoms with E-state index in [1.165, 1.54) is 16.7 Å². The second kappa shape index (κ2) is 9.35. The van der Waals surface area contributed by atoms with Crippen molar-refractivity contribution in [3.63, 3.8) is 0 Å². The van der Waals surface area contributed by atoms with Gasteiger partial charge in [-0.2, -0.15) is 5.26 Å². The van der Waals surface area contributed by atoms with Crippen molar-refractivity contribution in [3.8, 4) is 6.07 Å². The number of hydrogen-bond donors (Lipinski definition) is 3. The van der Waals surface area contributed by atoms with Crippen LogP contribution in [0, 0.1) is 17.2 Å². The molecule has 2 aromatic rings. The Balaban J connectivity index is 1.57. The largest absolute Gasteiger partial charge is 0.465 e. The van der Waals surface area contributed by atoms with Crippen LogP contribution in [0.4, 0.5) is 16.2 Å². The number of H-pyrrole nitrogens is 1. The zero-order valence-electron chi connectivity index (χ0n) is 18.3. The van der Waals surface area contributed by atoms with Gasteiger partial charge in [0.1, 0.15) is 11.8 Å². The number of amides is 2. The number of aromatic nitrogens is 1. The van der Waals surface area contributed by atoms with E-state index in [-0.39, 0.29) is 5.91 Å². The lowest BCUT2D eigenvalue weighted by atomic mass is 9.88. The molecule has 8 heteroatoms. The van der Waals surface area contributed by atoms with Crippen molar-refractivity contribution in [2.45, 2.75) is 38.5 Å².